The van der Waals surface area contributed by atoms with Crippen molar-refractivity contribution in [2.45, 2.75) is 31.3 Å². The molecule has 1 aromatic heterocycles. The first kappa shape index (κ1) is 23.8. The first-order chi connectivity index (χ1) is 17.2. The second kappa shape index (κ2) is 10.8. The SMILES string of the molecule is COc1c(Cl)cc(Cl)cc1C(c1nnnn1C(c1ccccc1)c1ccccc1)[NH+]1CCCCC1. The molecule has 5 rings (SSSR count). The van der Waals surface area contributed by atoms with Crippen LogP contribution >= 0.6 is 23.2 Å². The fraction of sp³-hybridized carbons (Fsp3) is 0.296. The van der Waals surface area contributed by atoms with Gasteiger partial charge in [0.15, 0.2) is 6.04 Å². The zero-order valence-electron chi connectivity index (χ0n) is 19.6. The Morgan fingerprint density at radius 1 is 0.886 bits per heavy atom. The molecular formula is C27H28Cl2N5O+. The Bertz CT molecular complexity index is 1220. The first-order valence-electron chi connectivity index (χ1n) is 11.9. The highest BCUT2D eigenvalue weighted by Crippen LogP contribution is 2.38. The lowest BCUT2D eigenvalue weighted by Gasteiger charge is -2.32. The van der Waals surface area contributed by atoms with E-state index in [1.165, 1.54) is 11.3 Å². The van der Waals surface area contributed by atoms with Crippen molar-refractivity contribution in [2.75, 3.05) is 20.2 Å². The van der Waals surface area contributed by atoms with Crippen molar-refractivity contribution < 1.29 is 9.64 Å². The zero-order chi connectivity index (χ0) is 24.2. The van der Waals surface area contributed by atoms with Gasteiger partial charge in [-0.25, -0.2) is 4.68 Å². The summed E-state index contributed by atoms with van der Waals surface area (Å²) in [4.78, 5) is 1.38. The molecule has 6 nitrogen and oxygen atoms in total. The molecule has 1 unspecified atom stereocenters. The van der Waals surface area contributed by atoms with Crippen LogP contribution in [-0.2, 0) is 0 Å². The van der Waals surface area contributed by atoms with Gasteiger partial charge in [-0.3, -0.25) is 0 Å². The van der Waals surface area contributed by atoms with Crippen LogP contribution in [0.15, 0.2) is 72.8 Å². The number of rotatable bonds is 7. The Hall–Kier alpha value is -2.93. The maximum atomic E-state index is 6.60. The lowest BCUT2D eigenvalue weighted by Crippen LogP contribution is -3.13. The number of likely N-dealkylation sites (tertiary alicyclic amines) is 1. The van der Waals surface area contributed by atoms with E-state index in [0.717, 1.165) is 48.4 Å². The molecule has 1 atom stereocenters. The number of methoxy groups -OCH3 is 1. The van der Waals surface area contributed by atoms with Crippen LogP contribution in [0.25, 0.3) is 0 Å². The molecule has 1 N–H and O–H groups in total. The molecule has 8 heteroatoms. The third-order valence-electron chi connectivity index (χ3n) is 6.71. The Labute approximate surface area is 215 Å². The van der Waals surface area contributed by atoms with E-state index in [1.807, 2.05) is 47.1 Å². The third-order valence-corrected chi connectivity index (χ3v) is 7.21. The van der Waals surface area contributed by atoms with Gasteiger partial charge in [-0.1, -0.05) is 83.9 Å². The van der Waals surface area contributed by atoms with Crippen LogP contribution in [0.5, 0.6) is 5.75 Å². The van der Waals surface area contributed by atoms with E-state index in [4.69, 9.17) is 27.9 Å². The molecule has 1 fully saturated rings. The average Bonchev–Trinajstić information content (AvgIpc) is 3.35. The average molecular weight is 509 g/mol. The topological polar surface area (TPSA) is 57.3 Å². The largest absolute Gasteiger partial charge is 0.495 e. The van der Waals surface area contributed by atoms with Crippen molar-refractivity contribution >= 4 is 23.2 Å². The van der Waals surface area contributed by atoms with Gasteiger partial charge < -0.3 is 9.64 Å². The highest BCUT2D eigenvalue weighted by molar-refractivity contribution is 6.35. The molecule has 2 heterocycles. The predicted octanol–water partition coefficient (Wildman–Crippen LogP) is 4.78. The monoisotopic (exact) mass is 508 g/mol. The van der Waals surface area contributed by atoms with E-state index in [-0.39, 0.29) is 12.1 Å². The molecule has 0 saturated carbocycles. The van der Waals surface area contributed by atoms with Gasteiger partial charge in [-0.05, 0) is 52.9 Å². The van der Waals surface area contributed by atoms with Crippen molar-refractivity contribution in [1.29, 1.82) is 0 Å². The number of tetrazole rings is 1. The first-order valence-corrected chi connectivity index (χ1v) is 12.7. The number of nitrogens with zero attached hydrogens (tertiary/aromatic N) is 4. The summed E-state index contributed by atoms with van der Waals surface area (Å²) in [5, 5.41) is 14.4. The van der Waals surface area contributed by atoms with E-state index >= 15 is 0 Å². The summed E-state index contributed by atoms with van der Waals surface area (Å²) >= 11 is 13.1. The molecule has 1 saturated heterocycles. The summed E-state index contributed by atoms with van der Waals surface area (Å²) < 4.78 is 7.74. The Morgan fingerprint density at radius 3 is 2.11 bits per heavy atom. The molecule has 3 aromatic carbocycles. The summed E-state index contributed by atoms with van der Waals surface area (Å²) in [7, 11) is 1.64. The van der Waals surface area contributed by atoms with Gasteiger partial charge >= 0.3 is 0 Å². The van der Waals surface area contributed by atoms with E-state index in [2.05, 4.69) is 39.8 Å². The van der Waals surface area contributed by atoms with Gasteiger partial charge in [-0.2, -0.15) is 0 Å². The highest BCUT2D eigenvalue weighted by Gasteiger charge is 2.37. The molecule has 1 aliphatic heterocycles. The van der Waals surface area contributed by atoms with E-state index < -0.39 is 0 Å². The minimum atomic E-state index is -0.189. The highest BCUT2D eigenvalue weighted by atomic mass is 35.5. The standard InChI is InChI=1S/C27H27Cl2N5O/c1-35-26-22(17-21(28)18-23(26)29)25(33-15-9-4-10-16-33)27-30-31-32-34(27)24(19-11-5-2-6-12-19)20-13-7-3-8-14-20/h2-3,5-8,11-14,17-18,24-25H,4,9-10,15-16H2,1H3/p+1. The van der Waals surface area contributed by atoms with Gasteiger partial charge in [0.1, 0.15) is 11.8 Å². The second-order valence-corrected chi connectivity index (χ2v) is 9.71. The lowest BCUT2D eigenvalue weighted by molar-refractivity contribution is -0.931. The fourth-order valence-corrected chi connectivity index (χ4v) is 5.75. The smallest absolute Gasteiger partial charge is 0.215 e. The Balaban J connectivity index is 1.71. The zero-order valence-corrected chi connectivity index (χ0v) is 21.1. The molecule has 1 aliphatic rings. The molecule has 0 aliphatic carbocycles. The van der Waals surface area contributed by atoms with Crippen molar-refractivity contribution in [3.63, 3.8) is 0 Å². The summed E-state index contributed by atoms with van der Waals surface area (Å²) in [6.07, 6.45) is 3.51. The summed E-state index contributed by atoms with van der Waals surface area (Å²) in [6, 6.07) is 24.0. The van der Waals surface area contributed by atoms with Gasteiger partial charge in [0.25, 0.3) is 0 Å². The molecule has 180 valence electrons. The predicted molar refractivity (Wildman–Crippen MR) is 137 cm³/mol. The van der Waals surface area contributed by atoms with Crippen LogP contribution < -0.4 is 9.64 Å². The van der Waals surface area contributed by atoms with Crippen LogP contribution in [0, 0.1) is 0 Å². The minimum absolute atomic E-state index is 0.185. The Kier molecular flexibility index (Phi) is 7.32. The number of benzene rings is 3. The second-order valence-electron chi connectivity index (χ2n) is 8.87. The number of piperidine rings is 1. The maximum absolute atomic E-state index is 6.60. The third kappa shape index (κ3) is 4.92. The Morgan fingerprint density at radius 2 is 1.51 bits per heavy atom. The number of nitrogens with one attached hydrogen (secondary N) is 1. The maximum Gasteiger partial charge on any atom is 0.215 e. The van der Waals surface area contributed by atoms with Crippen LogP contribution in [0.4, 0.5) is 0 Å². The van der Waals surface area contributed by atoms with Crippen LogP contribution in [0.2, 0.25) is 10.0 Å². The van der Waals surface area contributed by atoms with Gasteiger partial charge in [-0.15, -0.1) is 5.10 Å². The molecule has 35 heavy (non-hydrogen) atoms. The van der Waals surface area contributed by atoms with Crippen molar-refractivity contribution in [1.82, 2.24) is 20.2 Å². The summed E-state index contributed by atoms with van der Waals surface area (Å²) in [5.74, 6) is 1.38. The van der Waals surface area contributed by atoms with Crippen molar-refractivity contribution in [2.24, 2.45) is 0 Å². The quantitative estimate of drug-likeness (QED) is 0.390. The fourth-order valence-electron chi connectivity index (χ4n) is 5.17. The van der Waals surface area contributed by atoms with Gasteiger partial charge in [0, 0.05) is 5.02 Å². The molecule has 0 bridgehead atoms. The van der Waals surface area contributed by atoms with Crippen LogP contribution in [-0.4, -0.2) is 40.4 Å². The number of quaternary nitrogens is 1. The number of hydrogen-bond donors (Lipinski definition) is 1. The van der Waals surface area contributed by atoms with E-state index in [0.29, 0.717) is 15.8 Å². The van der Waals surface area contributed by atoms with Crippen LogP contribution in [0.1, 0.15) is 53.9 Å². The molecule has 4 aromatic rings. The lowest BCUT2D eigenvalue weighted by atomic mass is 9.96. The van der Waals surface area contributed by atoms with Crippen molar-refractivity contribution in [3.8, 4) is 5.75 Å². The summed E-state index contributed by atoms with van der Waals surface area (Å²) in [5.41, 5.74) is 3.12. The van der Waals surface area contributed by atoms with Gasteiger partial charge in [0.05, 0.1) is 30.8 Å². The van der Waals surface area contributed by atoms with E-state index in [9.17, 15) is 0 Å². The number of hydrogen-bond acceptors (Lipinski definition) is 4. The summed E-state index contributed by atoms with van der Waals surface area (Å²) in [6.45, 7) is 2.01. The van der Waals surface area contributed by atoms with E-state index in [1.54, 1.807) is 13.2 Å². The van der Waals surface area contributed by atoms with Gasteiger partial charge in [0.2, 0.25) is 5.82 Å². The van der Waals surface area contributed by atoms with Crippen LogP contribution in [0.3, 0.4) is 0 Å². The molecule has 0 spiro atoms. The molecule has 0 amide bonds. The normalized spacial score (nSPS) is 15.3. The molecule has 0 radical (unpaired) electrons. The number of halogens is 2. The minimum Gasteiger partial charge on any atom is -0.495 e. The number of ether oxygens (including phenoxy) is 1. The van der Waals surface area contributed by atoms with Crippen molar-refractivity contribution in [3.05, 3.63) is 105 Å². The number of aromatic nitrogens is 4. The molecular weight excluding hydrogens is 481 g/mol.